The summed E-state index contributed by atoms with van der Waals surface area (Å²) in [7, 11) is 0. The third-order valence-electron chi connectivity index (χ3n) is 2.38. The Morgan fingerprint density at radius 2 is 2.28 bits per heavy atom. The van der Waals surface area contributed by atoms with Crippen LogP contribution in [0.4, 0.5) is 5.69 Å². The van der Waals surface area contributed by atoms with Gasteiger partial charge in [0, 0.05) is 12.3 Å². The van der Waals surface area contributed by atoms with E-state index in [-0.39, 0.29) is 18.1 Å². The first kappa shape index (κ1) is 15.1. The lowest BCUT2D eigenvalue weighted by Crippen LogP contribution is -2.42. The van der Waals surface area contributed by atoms with Crippen LogP contribution in [0, 0.1) is 0 Å². The lowest BCUT2D eigenvalue weighted by Gasteiger charge is -2.22. The van der Waals surface area contributed by atoms with E-state index in [2.05, 4.69) is 5.32 Å². The molecule has 1 atom stereocenters. The van der Waals surface area contributed by atoms with Gasteiger partial charge in [0.25, 0.3) is 5.91 Å². The van der Waals surface area contributed by atoms with E-state index in [1.54, 1.807) is 25.1 Å². The van der Waals surface area contributed by atoms with Crippen molar-refractivity contribution in [1.82, 2.24) is 5.32 Å². The predicted octanol–water partition coefficient (Wildman–Crippen LogP) is 1.77. The highest BCUT2D eigenvalue weighted by atomic mass is 35.5. The Bertz CT molecular complexity index is 438. The van der Waals surface area contributed by atoms with Gasteiger partial charge in [0.05, 0.1) is 21.9 Å². The molecule has 0 radical (unpaired) electrons. The number of benzene rings is 1. The second-order valence-corrected chi connectivity index (χ2v) is 5.59. The fourth-order valence-electron chi connectivity index (χ4n) is 1.46. The molecule has 0 aliphatic heterocycles. The Labute approximate surface area is 116 Å². The fraction of sp³-hybridized carbons (Fsp3) is 0.417. The smallest absolute Gasteiger partial charge is 0.253 e. The van der Waals surface area contributed by atoms with Crippen LogP contribution < -0.4 is 11.1 Å². The van der Waals surface area contributed by atoms with Gasteiger partial charge in [-0.2, -0.15) is 11.8 Å². The topological polar surface area (TPSA) is 75.3 Å². The molecule has 4 nitrogen and oxygen atoms in total. The zero-order chi connectivity index (χ0) is 13.8. The maximum Gasteiger partial charge on any atom is 0.253 e. The molecule has 1 aromatic rings. The number of carbonyl (C=O) groups is 1. The Kier molecular flexibility index (Phi) is 5.31. The van der Waals surface area contributed by atoms with Gasteiger partial charge in [0.2, 0.25) is 0 Å². The average molecular weight is 289 g/mol. The van der Waals surface area contributed by atoms with Crippen molar-refractivity contribution in [3.63, 3.8) is 0 Å². The molecule has 6 heteroatoms. The number of rotatable bonds is 5. The van der Waals surface area contributed by atoms with Crippen molar-refractivity contribution < 1.29 is 9.90 Å². The summed E-state index contributed by atoms with van der Waals surface area (Å²) >= 11 is 7.35. The van der Waals surface area contributed by atoms with Crippen LogP contribution in [0.5, 0.6) is 0 Å². The number of hydrogen-bond donors (Lipinski definition) is 3. The van der Waals surface area contributed by atoms with Crippen molar-refractivity contribution in [3.05, 3.63) is 28.8 Å². The summed E-state index contributed by atoms with van der Waals surface area (Å²) in [5.74, 6) is 0.203. The molecule has 18 heavy (non-hydrogen) atoms. The third-order valence-corrected chi connectivity index (χ3v) is 3.62. The van der Waals surface area contributed by atoms with Crippen molar-refractivity contribution in [2.45, 2.75) is 12.5 Å². The normalized spacial score (nSPS) is 14.0. The van der Waals surface area contributed by atoms with Crippen molar-refractivity contribution in [2.24, 2.45) is 0 Å². The lowest BCUT2D eigenvalue weighted by atomic mass is 10.1. The van der Waals surface area contributed by atoms with Crippen molar-refractivity contribution in [1.29, 1.82) is 0 Å². The van der Waals surface area contributed by atoms with Gasteiger partial charge >= 0.3 is 0 Å². The highest BCUT2D eigenvalue weighted by Gasteiger charge is 2.21. The van der Waals surface area contributed by atoms with Gasteiger partial charge in [0.1, 0.15) is 0 Å². The number of para-hydroxylation sites is 1. The largest absolute Gasteiger partial charge is 0.397 e. The minimum Gasteiger partial charge on any atom is -0.397 e. The first-order valence-electron chi connectivity index (χ1n) is 5.41. The van der Waals surface area contributed by atoms with Gasteiger partial charge in [-0.15, -0.1) is 0 Å². The summed E-state index contributed by atoms with van der Waals surface area (Å²) in [6.45, 7) is 1.84. The van der Waals surface area contributed by atoms with Gasteiger partial charge in [-0.1, -0.05) is 17.7 Å². The molecule has 4 N–H and O–H groups in total. The van der Waals surface area contributed by atoms with Crippen LogP contribution in [0.2, 0.25) is 5.02 Å². The molecule has 100 valence electrons. The van der Waals surface area contributed by atoms with Gasteiger partial charge in [-0.25, -0.2) is 0 Å². The van der Waals surface area contributed by atoms with Gasteiger partial charge in [-0.3, -0.25) is 4.79 Å². The van der Waals surface area contributed by atoms with Crippen LogP contribution in [-0.2, 0) is 0 Å². The zero-order valence-corrected chi connectivity index (χ0v) is 11.9. The highest BCUT2D eigenvalue weighted by molar-refractivity contribution is 7.98. The molecule has 0 bridgehead atoms. The molecule has 0 aliphatic carbocycles. The molecular formula is C12H17ClN2O2S. The van der Waals surface area contributed by atoms with Crippen LogP contribution in [0.1, 0.15) is 17.3 Å². The van der Waals surface area contributed by atoms with E-state index in [0.29, 0.717) is 16.3 Å². The number of amides is 1. The number of nitrogen functional groups attached to an aromatic ring is 1. The summed E-state index contributed by atoms with van der Waals surface area (Å²) in [6.07, 6.45) is 1.89. The number of thioether (sulfide) groups is 1. The Morgan fingerprint density at radius 3 is 2.89 bits per heavy atom. The number of nitrogens with one attached hydrogen (secondary N) is 1. The van der Waals surface area contributed by atoms with Crippen molar-refractivity contribution in [2.75, 3.05) is 24.3 Å². The molecule has 1 rings (SSSR count). The molecule has 0 heterocycles. The van der Waals surface area contributed by atoms with Crippen LogP contribution >= 0.6 is 23.4 Å². The standard InChI is InChI=1S/C12H17ClN2O2S/c1-12(17,7-18-2)6-15-11(16)8-4-3-5-9(13)10(8)14/h3-5,17H,6-7,14H2,1-2H3,(H,15,16). The number of carbonyl (C=O) groups excluding carboxylic acids is 1. The van der Waals surface area contributed by atoms with Gasteiger partial charge in [-0.05, 0) is 25.3 Å². The van der Waals surface area contributed by atoms with Crippen LogP contribution in [0.15, 0.2) is 18.2 Å². The molecule has 0 aliphatic rings. The molecule has 0 fully saturated rings. The molecule has 1 amide bonds. The maximum absolute atomic E-state index is 11.9. The first-order valence-corrected chi connectivity index (χ1v) is 7.18. The lowest BCUT2D eigenvalue weighted by molar-refractivity contribution is 0.0725. The number of anilines is 1. The number of halogens is 1. The summed E-state index contributed by atoms with van der Waals surface area (Å²) < 4.78 is 0. The highest BCUT2D eigenvalue weighted by Crippen LogP contribution is 2.22. The Morgan fingerprint density at radius 1 is 1.61 bits per heavy atom. The minimum atomic E-state index is -0.942. The Balaban J connectivity index is 2.69. The van der Waals surface area contributed by atoms with E-state index < -0.39 is 5.60 Å². The average Bonchev–Trinajstić information content (AvgIpc) is 2.30. The number of hydrogen-bond acceptors (Lipinski definition) is 4. The summed E-state index contributed by atoms with van der Waals surface area (Å²) in [5.41, 5.74) is 5.35. The number of nitrogens with two attached hydrogens (primary N) is 1. The van der Waals surface area contributed by atoms with E-state index in [0.717, 1.165) is 0 Å². The fourth-order valence-corrected chi connectivity index (χ4v) is 2.36. The molecular weight excluding hydrogens is 272 g/mol. The number of aliphatic hydroxyl groups is 1. The second kappa shape index (κ2) is 6.31. The molecule has 0 saturated carbocycles. The maximum atomic E-state index is 11.9. The first-order chi connectivity index (χ1) is 8.37. The van der Waals surface area contributed by atoms with Crippen molar-refractivity contribution >= 4 is 35.0 Å². The van der Waals surface area contributed by atoms with Crippen LogP contribution in [-0.4, -0.2) is 35.2 Å². The zero-order valence-electron chi connectivity index (χ0n) is 10.4. The van der Waals surface area contributed by atoms with E-state index in [4.69, 9.17) is 17.3 Å². The monoisotopic (exact) mass is 288 g/mol. The van der Waals surface area contributed by atoms with E-state index >= 15 is 0 Å². The summed E-state index contributed by atoms with van der Waals surface area (Å²) in [5, 5.41) is 12.9. The van der Waals surface area contributed by atoms with E-state index in [9.17, 15) is 9.90 Å². The van der Waals surface area contributed by atoms with E-state index in [1.807, 2.05) is 6.26 Å². The summed E-state index contributed by atoms with van der Waals surface area (Å²) in [6, 6.07) is 4.88. The predicted molar refractivity (Wildman–Crippen MR) is 77.2 cm³/mol. The quantitative estimate of drug-likeness (QED) is 0.722. The summed E-state index contributed by atoms with van der Waals surface area (Å²) in [4.78, 5) is 11.9. The molecule has 0 spiro atoms. The van der Waals surface area contributed by atoms with Gasteiger partial charge in [0.15, 0.2) is 0 Å². The molecule has 0 aromatic heterocycles. The Hall–Kier alpha value is -0.910. The molecule has 0 saturated heterocycles. The SMILES string of the molecule is CSCC(C)(O)CNC(=O)c1cccc(Cl)c1N. The van der Waals surface area contributed by atoms with E-state index in [1.165, 1.54) is 11.8 Å². The van der Waals surface area contributed by atoms with Gasteiger partial charge < -0.3 is 16.2 Å². The molecule has 1 unspecified atom stereocenters. The van der Waals surface area contributed by atoms with Crippen molar-refractivity contribution in [3.8, 4) is 0 Å². The second-order valence-electron chi connectivity index (χ2n) is 4.31. The van der Waals surface area contributed by atoms with Crippen LogP contribution in [0.3, 0.4) is 0 Å². The minimum absolute atomic E-state index is 0.165. The molecule has 1 aromatic carbocycles. The van der Waals surface area contributed by atoms with Crippen LogP contribution in [0.25, 0.3) is 0 Å². The third kappa shape index (κ3) is 4.08.